The average Bonchev–Trinajstić information content (AvgIpc) is 3.45. The Morgan fingerprint density at radius 3 is 2.68 bits per heavy atom. The third-order valence-electron chi connectivity index (χ3n) is 4.65. The summed E-state index contributed by atoms with van der Waals surface area (Å²) in [6.45, 7) is 2.45. The molecule has 1 aromatic heterocycles. The number of amides is 1. The Kier molecular flexibility index (Phi) is 5.78. The number of aryl methyl sites for hydroxylation is 1. The predicted molar refractivity (Wildman–Crippen MR) is 112 cm³/mol. The molecule has 0 bridgehead atoms. The van der Waals surface area contributed by atoms with Crippen molar-refractivity contribution in [2.45, 2.75) is 43.0 Å². The van der Waals surface area contributed by atoms with Gasteiger partial charge >= 0.3 is 0 Å². The predicted octanol–water partition coefficient (Wildman–Crippen LogP) is 5.69. The number of hydrogen-bond acceptors (Lipinski definition) is 4. The zero-order valence-corrected chi connectivity index (χ0v) is 17.2. The second kappa shape index (κ2) is 8.45. The van der Waals surface area contributed by atoms with E-state index in [9.17, 15) is 9.18 Å². The van der Waals surface area contributed by atoms with Gasteiger partial charge < -0.3 is 4.90 Å². The zero-order chi connectivity index (χ0) is 19.5. The molecule has 1 aliphatic carbocycles. The third-order valence-corrected chi connectivity index (χ3v) is 6.51. The van der Waals surface area contributed by atoms with E-state index in [1.54, 1.807) is 29.2 Å². The number of rotatable bonds is 7. The molecule has 0 aliphatic heterocycles. The Morgan fingerprint density at radius 2 is 2.04 bits per heavy atom. The Morgan fingerprint density at radius 1 is 1.25 bits per heavy atom. The first kappa shape index (κ1) is 19.2. The van der Waals surface area contributed by atoms with E-state index < -0.39 is 0 Å². The molecule has 1 aliphatic rings. The second-order valence-electron chi connectivity index (χ2n) is 6.97. The summed E-state index contributed by atoms with van der Waals surface area (Å²) >= 11 is 3.38. The van der Waals surface area contributed by atoms with Gasteiger partial charge in [-0.15, -0.1) is 23.1 Å². The fourth-order valence-electron chi connectivity index (χ4n) is 3.08. The lowest BCUT2D eigenvalue weighted by atomic mass is 10.1. The number of thioether (sulfide) groups is 1. The molecule has 0 unspecified atom stereocenters. The van der Waals surface area contributed by atoms with Crippen molar-refractivity contribution in [3.05, 3.63) is 81.6 Å². The van der Waals surface area contributed by atoms with Crippen molar-refractivity contribution in [3.63, 3.8) is 0 Å². The molecule has 0 N–H and O–H groups in total. The van der Waals surface area contributed by atoms with E-state index in [4.69, 9.17) is 0 Å². The molecule has 4 rings (SSSR count). The Balaban J connectivity index is 1.42. The van der Waals surface area contributed by atoms with Crippen LogP contribution in [-0.2, 0) is 12.3 Å². The van der Waals surface area contributed by atoms with E-state index in [0.29, 0.717) is 12.1 Å². The molecule has 3 aromatic rings. The van der Waals surface area contributed by atoms with Gasteiger partial charge in [-0.05, 0) is 61.7 Å². The van der Waals surface area contributed by atoms with Crippen LogP contribution in [0.3, 0.4) is 0 Å². The Labute approximate surface area is 172 Å². The Hall–Kier alpha value is -2.18. The zero-order valence-electron chi connectivity index (χ0n) is 15.6. The molecule has 0 atom stereocenters. The van der Waals surface area contributed by atoms with Crippen molar-refractivity contribution < 1.29 is 9.18 Å². The highest BCUT2D eigenvalue weighted by Crippen LogP contribution is 2.31. The van der Waals surface area contributed by atoms with Gasteiger partial charge in [0.05, 0.1) is 10.7 Å². The lowest BCUT2D eigenvalue weighted by molar-refractivity contribution is 0.0729. The summed E-state index contributed by atoms with van der Waals surface area (Å²) in [5.74, 6) is 0.571. The summed E-state index contributed by atoms with van der Waals surface area (Å²) < 4.78 is 13.5. The Bertz CT molecular complexity index is 967. The van der Waals surface area contributed by atoms with Gasteiger partial charge in [0.1, 0.15) is 5.82 Å². The number of carbonyl (C=O) groups excluding carboxylic acids is 1. The van der Waals surface area contributed by atoms with Crippen LogP contribution in [0.4, 0.5) is 4.39 Å². The number of nitrogens with zero attached hydrogens (tertiary/aromatic N) is 2. The van der Waals surface area contributed by atoms with Crippen LogP contribution in [0.1, 0.15) is 39.5 Å². The van der Waals surface area contributed by atoms with E-state index in [1.165, 1.54) is 12.1 Å². The van der Waals surface area contributed by atoms with Gasteiger partial charge in [-0.25, -0.2) is 9.37 Å². The molecule has 0 radical (unpaired) electrons. The van der Waals surface area contributed by atoms with Gasteiger partial charge in [-0.3, -0.25) is 4.79 Å². The maximum atomic E-state index is 13.5. The molecule has 2 aromatic carbocycles. The second-order valence-corrected chi connectivity index (χ2v) is 9.08. The summed E-state index contributed by atoms with van der Waals surface area (Å²) in [4.78, 5) is 20.5. The maximum Gasteiger partial charge on any atom is 0.254 e. The van der Waals surface area contributed by atoms with Crippen molar-refractivity contribution in [2.24, 2.45) is 0 Å². The highest BCUT2D eigenvalue weighted by atomic mass is 32.2. The highest BCUT2D eigenvalue weighted by molar-refractivity contribution is 7.98. The molecule has 28 heavy (non-hydrogen) atoms. The van der Waals surface area contributed by atoms with E-state index >= 15 is 0 Å². The van der Waals surface area contributed by atoms with Gasteiger partial charge in [0.2, 0.25) is 0 Å². The van der Waals surface area contributed by atoms with E-state index in [2.05, 4.69) is 10.4 Å². The van der Waals surface area contributed by atoms with Gasteiger partial charge in [-0.2, -0.15) is 0 Å². The molecule has 6 heteroatoms. The first-order valence-corrected chi connectivity index (χ1v) is 11.1. The minimum absolute atomic E-state index is 0.0124. The van der Waals surface area contributed by atoms with Crippen LogP contribution in [0.5, 0.6) is 0 Å². The number of halogens is 1. The van der Waals surface area contributed by atoms with Gasteiger partial charge in [0, 0.05) is 34.2 Å². The molecule has 1 heterocycles. The smallest absolute Gasteiger partial charge is 0.254 e. The highest BCUT2D eigenvalue weighted by Gasteiger charge is 2.33. The minimum Gasteiger partial charge on any atom is -0.331 e. The molecule has 1 amide bonds. The van der Waals surface area contributed by atoms with Crippen LogP contribution in [0.25, 0.3) is 0 Å². The summed E-state index contributed by atoms with van der Waals surface area (Å²) in [7, 11) is 0. The van der Waals surface area contributed by atoms with E-state index in [-0.39, 0.29) is 17.8 Å². The largest absolute Gasteiger partial charge is 0.331 e. The number of carbonyl (C=O) groups is 1. The molecule has 1 saturated carbocycles. The molecule has 0 saturated heterocycles. The van der Waals surface area contributed by atoms with Crippen LogP contribution in [0.2, 0.25) is 0 Å². The van der Waals surface area contributed by atoms with Crippen LogP contribution < -0.4 is 0 Å². The number of thiazole rings is 1. The third kappa shape index (κ3) is 4.80. The summed E-state index contributed by atoms with van der Waals surface area (Å²) in [6.07, 6.45) is 2.03. The first-order chi connectivity index (χ1) is 13.6. The van der Waals surface area contributed by atoms with Gasteiger partial charge in [0.15, 0.2) is 0 Å². The summed E-state index contributed by atoms with van der Waals surface area (Å²) in [6, 6.07) is 14.5. The van der Waals surface area contributed by atoms with Crippen LogP contribution >= 0.6 is 23.1 Å². The number of aromatic nitrogens is 1. The molecule has 144 valence electrons. The van der Waals surface area contributed by atoms with Crippen molar-refractivity contribution in [2.75, 3.05) is 0 Å². The van der Waals surface area contributed by atoms with Crippen LogP contribution in [0.15, 0.2) is 58.8 Å². The SMILES string of the molecule is Cc1nc(CSc2ccc(C(=O)N(Cc3cccc(F)c3)C3CC3)cc2)cs1. The van der Waals surface area contributed by atoms with Gasteiger partial charge in [-0.1, -0.05) is 12.1 Å². The first-order valence-electron chi connectivity index (χ1n) is 9.28. The molecule has 3 nitrogen and oxygen atoms in total. The monoisotopic (exact) mass is 412 g/mol. The van der Waals surface area contributed by atoms with Crippen LogP contribution in [-0.4, -0.2) is 21.8 Å². The molecular weight excluding hydrogens is 391 g/mol. The quantitative estimate of drug-likeness (QED) is 0.468. The fourth-order valence-corrected chi connectivity index (χ4v) is 4.59. The molecule has 0 spiro atoms. The fraction of sp³-hybridized carbons (Fsp3) is 0.273. The normalized spacial score (nSPS) is 13.5. The van der Waals surface area contributed by atoms with E-state index in [0.717, 1.165) is 39.8 Å². The lowest BCUT2D eigenvalue weighted by Gasteiger charge is -2.23. The standard InChI is InChI=1S/C22H21FN2OS2/c1-15-24-19(13-27-15)14-28-21-9-5-17(6-10-21)22(26)25(20-7-8-20)12-16-3-2-4-18(23)11-16/h2-6,9-11,13,20H,7-8,12,14H2,1H3. The summed E-state index contributed by atoms with van der Waals surface area (Å²) in [5.41, 5.74) is 2.59. The minimum atomic E-state index is -0.266. The maximum absolute atomic E-state index is 13.5. The van der Waals surface area contributed by atoms with Crippen molar-refractivity contribution in [1.29, 1.82) is 0 Å². The van der Waals surface area contributed by atoms with Gasteiger partial charge in [0.25, 0.3) is 5.91 Å². The van der Waals surface area contributed by atoms with Crippen molar-refractivity contribution in [3.8, 4) is 0 Å². The lowest BCUT2D eigenvalue weighted by Crippen LogP contribution is -2.32. The van der Waals surface area contributed by atoms with Crippen LogP contribution in [0, 0.1) is 12.7 Å². The summed E-state index contributed by atoms with van der Waals surface area (Å²) in [5, 5.41) is 3.16. The van der Waals surface area contributed by atoms with Crippen molar-refractivity contribution >= 4 is 29.0 Å². The average molecular weight is 413 g/mol. The number of benzene rings is 2. The molecular formula is C22H21FN2OS2. The topological polar surface area (TPSA) is 33.2 Å². The van der Waals surface area contributed by atoms with E-state index in [1.807, 2.05) is 42.2 Å². The molecule has 1 fully saturated rings. The van der Waals surface area contributed by atoms with Crippen molar-refractivity contribution in [1.82, 2.24) is 9.88 Å². The number of hydrogen-bond donors (Lipinski definition) is 0.